The molecule has 2 fully saturated rings. The number of benzene rings is 1. The number of nitrogens with one attached hydrogen (secondary N) is 1. The minimum Gasteiger partial charge on any atom is -0.324 e. The van der Waals surface area contributed by atoms with E-state index >= 15 is 0 Å². The number of rotatable bonds is 3. The highest BCUT2D eigenvalue weighted by atomic mass is 16.2. The number of carbonyl (C=O) groups excluding carboxylic acids is 1. The fourth-order valence-corrected chi connectivity index (χ4v) is 4.11. The lowest BCUT2D eigenvalue weighted by Gasteiger charge is -2.29. The number of piperidine rings is 1. The van der Waals surface area contributed by atoms with Gasteiger partial charge >= 0.3 is 6.03 Å². The maximum absolute atomic E-state index is 12.7. The second-order valence-corrected chi connectivity index (χ2v) is 8.69. The van der Waals surface area contributed by atoms with E-state index in [1.54, 1.807) is 0 Å². The van der Waals surface area contributed by atoms with Crippen LogP contribution in [0.3, 0.4) is 0 Å². The largest absolute Gasteiger partial charge is 0.324 e. The number of para-hydroxylation sites is 1. The number of urea groups is 1. The number of hydrogen-bond acceptors (Lipinski definition) is 2. The molecule has 1 N–H and O–H groups in total. The maximum atomic E-state index is 12.7. The first-order valence-corrected chi connectivity index (χ1v) is 9.81. The molecule has 1 atom stereocenters. The van der Waals surface area contributed by atoms with Crippen molar-refractivity contribution < 1.29 is 4.79 Å². The van der Waals surface area contributed by atoms with Crippen LogP contribution in [0.2, 0.25) is 0 Å². The van der Waals surface area contributed by atoms with Crippen LogP contribution in [0.1, 0.15) is 52.0 Å². The van der Waals surface area contributed by atoms with Gasteiger partial charge in [0.05, 0.1) is 0 Å². The van der Waals surface area contributed by atoms with Gasteiger partial charge in [-0.05, 0) is 55.3 Å². The molecule has 3 rings (SSSR count). The summed E-state index contributed by atoms with van der Waals surface area (Å²) in [5.74, 6) is 0.627. The summed E-state index contributed by atoms with van der Waals surface area (Å²) in [6.45, 7) is 11.9. The van der Waals surface area contributed by atoms with Gasteiger partial charge in [0.15, 0.2) is 0 Å². The van der Waals surface area contributed by atoms with Gasteiger partial charge in [-0.2, -0.15) is 0 Å². The Morgan fingerprint density at radius 3 is 2.56 bits per heavy atom. The summed E-state index contributed by atoms with van der Waals surface area (Å²) in [6, 6.07) is 8.21. The van der Waals surface area contributed by atoms with Gasteiger partial charge in [0.2, 0.25) is 0 Å². The Hall–Kier alpha value is -1.55. The molecule has 1 aromatic rings. The standard InChI is InChI=1S/C21H33N3O/c1-21(2,3)18-9-5-6-10-19(18)22-20(25)24-14-11-17(16-24)15-23-12-7-4-8-13-23/h5-6,9-10,17H,4,7-8,11-16H2,1-3H3,(H,22,25). The molecule has 0 saturated carbocycles. The molecule has 0 spiro atoms. The Morgan fingerprint density at radius 2 is 1.84 bits per heavy atom. The highest BCUT2D eigenvalue weighted by molar-refractivity contribution is 5.90. The first-order valence-electron chi connectivity index (χ1n) is 9.81. The third-order valence-corrected chi connectivity index (χ3v) is 5.51. The summed E-state index contributed by atoms with van der Waals surface area (Å²) in [6.07, 6.45) is 5.18. The average molecular weight is 344 g/mol. The van der Waals surface area contributed by atoms with Gasteiger partial charge in [0.25, 0.3) is 0 Å². The fraction of sp³-hybridized carbons (Fsp3) is 0.667. The molecule has 2 heterocycles. The average Bonchev–Trinajstić information content (AvgIpc) is 3.04. The van der Waals surface area contributed by atoms with E-state index in [4.69, 9.17) is 0 Å². The summed E-state index contributed by atoms with van der Waals surface area (Å²) < 4.78 is 0. The van der Waals surface area contributed by atoms with E-state index in [0.717, 1.165) is 31.7 Å². The van der Waals surface area contributed by atoms with E-state index in [0.29, 0.717) is 5.92 Å². The molecule has 4 heteroatoms. The molecule has 138 valence electrons. The van der Waals surface area contributed by atoms with E-state index in [-0.39, 0.29) is 11.4 Å². The number of anilines is 1. The van der Waals surface area contributed by atoms with E-state index in [9.17, 15) is 4.79 Å². The van der Waals surface area contributed by atoms with Crippen LogP contribution in [-0.4, -0.2) is 48.6 Å². The zero-order valence-electron chi connectivity index (χ0n) is 16.1. The second-order valence-electron chi connectivity index (χ2n) is 8.69. The van der Waals surface area contributed by atoms with Crippen molar-refractivity contribution in [1.29, 1.82) is 0 Å². The highest BCUT2D eigenvalue weighted by Crippen LogP contribution is 2.30. The molecule has 2 saturated heterocycles. The normalized spacial score (nSPS) is 22.2. The Labute approximate surface area is 152 Å². The molecule has 25 heavy (non-hydrogen) atoms. The molecule has 0 radical (unpaired) electrons. The molecule has 1 aromatic carbocycles. The van der Waals surface area contributed by atoms with Gasteiger partial charge in [-0.15, -0.1) is 0 Å². The van der Waals surface area contributed by atoms with Crippen LogP contribution in [0.25, 0.3) is 0 Å². The minimum atomic E-state index is 0.0195. The van der Waals surface area contributed by atoms with Crippen LogP contribution in [0.5, 0.6) is 0 Å². The SMILES string of the molecule is CC(C)(C)c1ccccc1NC(=O)N1CCC(CN2CCCCC2)C1. The summed E-state index contributed by atoms with van der Waals surface area (Å²) >= 11 is 0. The van der Waals surface area contributed by atoms with Gasteiger partial charge in [-0.25, -0.2) is 4.79 Å². The summed E-state index contributed by atoms with van der Waals surface area (Å²) in [7, 11) is 0. The predicted molar refractivity (Wildman–Crippen MR) is 104 cm³/mol. The molecule has 1 unspecified atom stereocenters. The molecule has 0 aliphatic carbocycles. The molecular formula is C21H33N3O. The van der Waals surface area contributed by atoms with E-state index < -0.39 is 0 Å². The van der Waals surface area contributed by atoms with Crippen molar-refractivity contribution in [3.63, 3.8) is 0 Å². The smallest absolute Gasteiger partial charge is 0.321 e. The number of nitrogens with zero attached hydrogens (tertiary/aromatic N) is 2. The highest BCUT2D eigenvalue weighted by Gasteiger charge is 2.29. The lowest BCUT2D eigenvalue weighted by Crippen LogP contribution is -2.37. The summed E-state index contributed by atoms with van der Waals surface area (Å²) in [4.78, 5) is 17.3. The number of hydrogen-bond donors (Lipinski definition) is 1. The van der Waals surface area contributed by atoms with Crippen LogP contribution >= 0.6 is 0 Å². The van der Waals surface area contributed by atoms with Crippen LogP contribution in [0, 0.1) is 5.92 Å². The lowest BCUT2D eigenvalue weighted by atomic mass is 9.86. The van der Waals surface area contributed by atoms with E-state index in [1.807, 2.05) is 23.1 Å². The molecule has 0 bridgehead atoms. The second kappa shape index (κ2) is 7.77. The van der Waals surface area contributed by atoms with Gasteiger partial charge in [0.1, 0.15) is 0 Å². The first-order chi connectivity index (χ1) is 11.9. The van der Waals surface area contributed by atoms with Crippen molar-refractivity contribution in [3.8, 4) is 0 Å². The van der Waals surface area contributed by atoms with Crippen molar-refractivity contribution in [2.45, 2.75) is 51.9 Å². The van der Waals surface area contributed by atoms with E-state index in [2.05, 4.69) is 37.1 Å². The molecule has 2 amide bonds. The third kappa shape index (κ3) is 4.75. The van der Waals surface area contributed by atoms with E-state index in [1.165, 1.54) is 37.9 Å². The molecule has 4 nitrogen and oxygen atoms in total. The molecule has 2 aliphatic heterocycles. The number of carbonyl (C=O) groups is 1. The Kier molecular flexibility index (Phi) is 5.67. The Morgan fingerprint density at radius 1 is 1.12 bits per heavy atom. The Bertz CT molecular complexity index is 587. The molecule has 2 aliphatic rings. The van der Waals surface area contributed by atoms with Crippen LogP contribution in [0.15, 0.2) is 24.3 Å². The number of likely N-dealkylation sites (tertiary alicyclic amines) is 2. The van der Waals surface area contributed by atoms with Crippen molar-refractivity contribution in [2.75, 3.05) is 38.0 Å². The van der Waals surface area contributed by atoms with Gasteiger partial charge in [-0.1, -0.05) is 45.4 Å². The van der Waals surface area contributed by atoms with Crippen LogP contribution in [-0.2, 0) is 5.41 Å². The van der Waals surface area contributed by atoms with Crippen LogP contribution < -0.4 is 5.32 Å². The van der Waals surface area contributed by atoms with Gasteiger partial charge in [0, 0.05) is 25.3 Å². The van der Waals surface area contributed by atoms with Gasteiger partial charge < -0.3 is 15.1 Å². The third-order valence-electron chi connectivity index (χ3n) is 5.51. The monoisotopic (exact) mass is 343 g/mol. The van der Waals surface area contributed by atoms with Gasteiger partial charge in [-0.3, -0.25) is 0 Å². The predicted octanol–water partition coefficient (Wildman–Crippen LogP) is 4.32. The lowest BCUT2D eigenvalue weighted by molar-refractivity contribution is 0.192. The summed E-state index contributed by atoms with van der Waals surface area (Å²) in [5.41, 5.74) is 2.15. The zero-order valence-corrected chi connectivity index (χ0v) is 16.1. The molecule has 0 aromatic heterocycles. The van der Waals surface area contributed by atoms with Crippen molar-refractivity contribution in [3.05, 3.63) is 29.8 Å². The van der Waals surface area contributed by atoms with Crippen molar-refractivity contribution >= 4 is 11.7 Å². The first kappa shape index (κ1) is 18.2. The van der Waals surface area contributed by atoms with Crippen LogP contribution in [0.4, 0.5) is 10.5 Å². The zero-order chi connectivity index (χ0) is 17.9. The number of amides is 2. The Balaban J connectivity index is 1.56. The molecular weight excluding hydrogens is 310 g/mol. The quantitative estimate of drug-likeness (QED) is 0.887. The topological polar surface area (TPSA) is 35.6 Å². The minimum absolute atomic E-state index is 0.0195. The fourth-order valence-electron chi connectivity index (χ4n) is 4.11. The summed E-state index contributed by atoms with van der Waals surface area (Å²) in [5, 5.41) is 3.16. The maximum Gasteiger partial charge on any atom is 0.321 e. The van der Waals surface area contributed by atoms with Crippen molar-refractivity contribution in [2.24, 2.45) is 5.92 Å². The van der Waals surface area contributed by atoms with Crippen molar-refractivity contribution in [1.82, 2.24) is 9.80 Å².